The fourth-order valence-corrected chi connectivity index (χ4v) is 7.13. The quantitative estimate of drug-likeness (QED) is 0.433. The van der Waals surface area contributed by atoms with Crippen LogP contribution in [0.5, 0.6) is 5.75 Å². The molecule has 10 nitrogen and oxygen atoms in total. The van der Waals surface area contributed by atoms with Crippen LogP contribution in [0.15, 0.2) is 46.8 Å². The first-order valence-corrected chi connectivity index (χ1v) is 16.2. The maximum atomic E-state index is 13.2. The van der Waals surface area contributed by atoms with Crippen LogP contribution in [0.4, 0.5) is 17.6 Å². The van der Waals surface area contributed by atoms with E-state index in [4.69, 9.17) is 0 Å². The Bertz CT molecular complexity index is 1650. The maximum Gasteiger partial charge on any atom is 0.573 e. The molecule has 0 aliphatic carbocycles. The number of sulfonamides is 1. The Morgan fingerprint density at radius 2 is 1.63 bits per heavy atom. The van der Waals surface area contributed by atoms with Crippen LogP contribution in [0, 0.1) is 13.8 Å². The summed E-state index contributed by atoms with van der Waals surface area (Å²) in [6.45, 7) is 3.19. The van der Waals surface area contributed by atoms with E-state index in [1.807, 2.05) is 0 Å². The third-order valence-corrected chi connectivity index (χ3v) is 10.3. The van der Waals surface area contributed by atoms with Gasteiger partial charge in [0.1, 0.15) is 23.8 Å². The zero-order chi connectivity index (χ0) is 33.5. The highest BCUT2D eigenvalue weighted by Gasteiger charge is 2.47. The highest BCUT2D eigenvalue weighted by atomic mass is 32.2. The van der Waals surface area contributed by atoms with E-state index in [-0.39, 0.29) is 63.6 Å². The minimum Gasteiger partial charge on any atom is -0.406 e. The number of carbonyl (C=O) groups excluding carboxylic acids is 2. The lowest BCUT2D eigenvalue weighted by Crippen LogP contribution is -2.50. The summed E-state index contributed by atoms with van der Waals surface area (Å²) in [5.74, 6) is -0.875. The second kappa shape index (κ2) is 12.4. The molecule has 0 radical (unpaired) electrons. The number of amides is 2. The first-order valence-electron chi connectivity index (χ1n) is 14.7. The van der Waals surface area contributed by atoms with Gasteiger partial charge in [0.05, 0.1) is 5.60 Å². The van der Waals surface area contributed by atoms with Gasteiger partial charge in [-0.05, 0) is 98.7 Å². The number of halogens is 4. The third-order valence-electron chi connectivity index (χ3n) is 8.73. The summed E-state index contributed by atoms with van der Waals surface area (Å²) >= 11 is 0. The van der Waals surface area contributed by atoms with Crippen molar-refractivity contribution in [3.05, 3.63) is 69.6 Å². The van der Waals surface area contributed by atoms with E-state index in [0.29, 0.717) is 27.8 Å². The number of aryl methyl sites for hydroxylation is 2. The topological polar surface area (TPSA) is 129 Å². The van der Waals surface area contributed by atoms with Gasteiger partial charge in [-0.3, -0.25) is 14.6 Å². The number of hydrogen-bond acceptors (Lipinski definition) is 7. The van der Waals surface area contributed by atoms with Crippen LogP contribution in [0.2, 0.25) is 0 Å². The fraction of sp³-hybridized carbons (Fsp3) is 0.452. The number of carbonyl (C=O) groups is 2. The van der Waals surface area contributed by atoms with Crippen molar-refractivity contribution >= 4 is 33.7 Å². The van der Waals surface area contributed by atoms with Crippen LogP contribution in [-0.2, 0) is 14.8 Å². The molecule has 2 aromatic rings. The number of alkyl halides is 4. The summed E-state index contributed by atoms with van der Waals surface area (Å²) in [4.78, 5) is 32.1. The van der Waals surface area contributed by atoms with Gasteiger partial charge in [0.25, 0.3) is 11.8 Å². The molecule has 248 valence electrons. The van der Waals surface area contributed by atoms with Crippen molar-refractivity contribution in [2.45, 2.75) is 57.0 Å². The molecule has 3 aliphatic rings. The Labute approximate surface area is 263 Å². The van der Waals surface area contributed by atoms with Crippen LogP contribution in [0.3, 0.4) is 0 Å². The number of hydrogen-bond donors (Lipinski definition) is 2. The Balaban J connectivity index is 1.23. The zero-order valence-corrected chi connectivity index (χ0v) is 26.0. The number of nitrogens with one attached hydrogen (secondary N) is 1. The summed E-state index contributed by atoms with van der Waals surface area (Å²) in [5.41, 5.74) is 0.222. The molecule has 0 atom stereocenters. The largest absolute Gasteiger partial charge is 0.573 e. The number of aliphatic hydroxyl groups is 1. The van der Waals surface area contributed by atoms with Gasteiger partial charge < -0.3 is 20.1 Å². The van der Waals surface area contributed by atoms with E-state index in [2.05, 4.69) is 15.0 Å². The standard InChI is InChI=1S/C31H34F4N4O6S/c1-20-17-23(27(40)38-12-8-29(42,19-32)9-13-38)18-21(2)25(20)7-16-46(43,44)39-14-10-30(11-15-39)28(41)36-26(37-30)22-3-5-24(6-4-22)45-31(33,34)35/h3-7,16-18,42H,8-15,19H2,1-2H3,(H,36,37,41)/b16-7+. The van der Waals surface area contributed by atoms with Gasteiger partial charge in [-0.1, -0.05) is 0 Å². The van der Waals surface area contributed by atoms with Gasteiger partial charge in [0.2, 0.25) is 10.0 Å². The number of likely N-dealkylation sites (tertiary alicyclic amines) is 1. The number of amidine groups is 1. The van der Waals surface area contributed by atoms with E-state index in [1.54, 1.807) is 30.9 Å². The maximum absolute atomic E-state index is 13.2. The predicted molar refractivity (Wildman–Crippen MR) is 161 cm³/mol. The van der Waals surface area contributed by atoms with E-state index in [1.165, 1.54) is 22.5 Å². The van der Waals surface area contributed by atoms with Gasteiger partial charge in [-0.15, -0.1) is 13.2 Å². The van der Waals surface area contributed by atoms with Crippen molar-refractivity contribution in [2.24, 2.45) is 4.99 Å². The van der Waals surface area contributed by atoms with Gasteiger partial charge in [0, 0.05) is 42.7 Å². The molecule has 2 N–H and O–H groups in total. The number of rotatable bonds is 7. The number of ether oxygens (including phenoxy) is 1. The smallest absolute Gasteiger partial charge is 0.406 e. The molecule has 0 bridgehead atoms. The van der Waals surface area contributed by atoms with E-state index in [9.17, 15) is 40.7 Å². The average Bonchev–Trinajstić information content (AvgIpc) is 3.31. The molecule has 2 aromatic carbocycles. The number of nitrogens with zero attached hydrogens (tertiary/aromatic N) is 3. The second-order valence-electron chi connectivity index (χ2n) is 11.9. The molecule has 3 heterocycles. The average molecular weight is 667 g/mol. The molecule has 0 aromatic heterocycles. The Kier molecular flexibility index (Phi) is 9.05. The van der Waals surface area contributed by atoms with Crippen LogP contribution < -0.4 is 10.1 Å². The lowest BCUT2D eigenvalue weighted by molar-refractivity contribution is -0.274. The predicted octanol–water partition coefficient (Wildman–Crippen LogP) is 3.85. The second-order valence-corrected chi connectivity index (χ2v) is 13.8. The molecule has 2 fully saturated rings. The molecule has 3 aliphatic heterocycles. The van der Waals surface area contributed by atoms with E-state index >= 15 is 0 Å². The molecule has 15 heteroatoms. The number of benzene rings is 2. The molecule has 0 saturated carbocycles. The van der Waals surface area contributed by atoms with Crippen LogP contribution in [0.25, 0.3) is 6.08 Å². The number of aliphatic imine (C=N–C) groups is 1. The summed E-state index contributed by atoms with van der Waals surface area (Å²) in [5, 5.41) is 13.9. The normalized spacial score (nSPS) is 20.2. The van der Waals surface area contributed by atoms with Crippen LogP contribution in [0.1, 0.15) is 58.3 Å². The summed E-state index contributed by atoms with van der Waals surface area (Å²) in [6.07, 6.45) is -2.83. The molecule has 1 spiro atoms. The SMILES string of the molecule is Cc1cc(C(=O)N2CCC(O)(CF)CC2)cc(C)c1/C=C/S(=O)(=O)N1CCC2(CC1)N=C(c1ccc(OC(F)(F)F)cc1)NC2=O. The van der Waals surface area contributed by atoms with Crippen LogP contribution >= 0.6 is 0 Å². The molecular formula is C31H34F4N4O6S. The number of piperidine rings is 2. The van der Waals surface area contributed by atoms with Crippen LogP contribution in [-0.4, -0.2) is 90.7 Å². The molecular weight excluding hydrogens is 632 g/mol. The molecule has 0 unspecified atom stereocenters. The minimum absolute atomic E-state index is 0.0218. The minimum atomic E-state index is -4.83. The first kappa shape index (κ1) is 33.5. The van der Waals surface area contributed by atoms with Crippen molar-refractivity contribution in [1.29, 1.82) is 0 Å². The van der Waals surface area contributed by atoms with Gasteiger partial charge in [0.15, 0.2) is 0 Å². The first-order chi connectivity index (χ1) is 21.5. The van der Waals surface area contributed by atoms with Gasteiger partial charge in [-0.25, -0.2) is 12.8 Å². The lowest BCUT2D eigenvalue weighted by atomic mass is 9.89. The highest BCUT2D eigenvalue weighted by molar-refractivity contribution is 7.92. The van der Waals surface area contributed by atoms with Gasteiger partial charge >= 0.3 is 6.36 Å². The lowest BCUT2D eigenvalue weighted by Gasteiger charge is -2.36. The van der Waals surface area contributed by atoms with Crippen molar-refractivity contribution < 1.29 is 45.4 Å². The highest BCUT2D eigenvalue weighted by Crippen LogP contribution is 2.33. The monoisotopic (exact) mass is 666 g/mol. The summed E-state index contributed by atoms with van der Waals surface area (Å²) < 4.78 is 82.1. The Morgan fingerprint density at radius 1 is 1.04 bits per heavy atom. The molecule has 2 amide bonds. The fourth-order valence-electron chi connectivity index (χ4n) is 5.96. The summed E-state index contributed by atoms with van der Waals surface area (Å²) in [6, 6.07) is 8.27. The van der Waals surface area contributed by atoms with Crippen molar-refractivity contribution in [2.75, 3.05) is 32.9 Å². The molecule has 5 rings (SSSR count). The molecule has 2 saturated heterocycles. The van der Waals surface area contributed by atoms with E-state index < -0.39 is 45.9 Å². The Morgan fingerprint density at radius 3 is 2.17 bits per heavy atom. The summed E-state index contributed by atoms with van der Waals surface area (Å²) in [7, 11) is -3.88. The Hall–Kier alpha value is -3.82. The van der Waals surface area contributed by atoms with Gasteiger partial charge in [-0.2, -0.15) is 4.31 Å². The van der Waals surface area contributed by atoms with E-state index in [0.717, 1.165) is 17.5 Å². The molecule has 46 heavy (non-hydrogen) atoms. The zero-order valence-electron chi connectivity index (χ0n) is 25.2. The van der Waals surface area contributed by atoms with Crippen molar-refractivity contribution in [1.82, 2.24) is 14.5 Å². The van der Waals surface area contributed by atoms with Crippen molar-refractivity contribution in [3.63, 3.8) is 0 Å². The van der Waals surface area contributed by atoms with Crippen molar-refractivity contribution in [3.8, 4) is 5.75 Å². The third kappa shape index (κ3) is 7.10.